The van der Waals surface area contributed by atoms with Gasteiger partial charge in [-0.05, 0) is 25.1 Å². The lowest BCUT2D eigenvalue weighted by molar-refractivity contribution is -0.385. The molecule has 0 aliphatic carbocycles. The van der Waals surface area contributed by atoms with Crippen molar-refractivity contribution in [3.05, 3.63) is 56.1 Å². The SMILES string of the molecule is CCOc1cc([N+](=O)[O-])c(C(=O)Nc2ccc(Cl)cc2Cl)cc1OC. The average Bonchev–Trinajstić information content (AvgIpc) is 2.57. The third kappa shape index (κ3) is 4.32. The van der Waals surface area contributed by atoms with E-state index in [1.165, 1.54) is 31.4 Å². The molecule has 9 heteroatoms. The van der Waals surface area contributed by atoms with E-state index < -0.39 is 16.5 Å². The molecule has 0 radical (unpaired) electrons. The molecule has 0 aromatic heterocycles. The highest BCUT2D eigenvalue weighted by molar-refractivity contribution is 6.36. The zero-order valence-corrected chi connectivity index (χ0v) is 14.9. The molecule has 7 nitrogen and oxygen atoms in total. The van der Waals surface area contributed by atoms with E-state index in [1.54, 1.807) is 6.92 Å². The lowest BCUT2D eigenvalue weighted by Crippen LogP contribution is -2.15. The van der Waals surface area contributed by atoms with Gasteiger partial charge in [0, 0.05) is 11.1 Å². The fraction of sp³-hybridized carbons (Fsp3) is 0.188. The fourth-order valence-corrected chi connectivity index (χ4v) is 2.55. The maximum Gasteiger partial charge on any atom is 0.286 e. The van der Waals surface area contributed by atoms with Crippen LogP contribution in [0.1, 0.15) is 17.3 Å². The second kappa shape index (κ2) is 8.04. The number of carbonyl (C=O) groups excluding carboxylic acids is 1. The van der Waals surface area contributed by atoms with Gasteiger partial charge in [-0.1, -0.05) is 23.2 Å². The number of hydrogen-bond donors (Lipinski definition) is 1. The predicted octanol–water partition coefficient (Wildman–Crippen LogP) is 4.56. The van der Waals surface area contributed by atoms with Gasteiger partial charge in [-0.3, -0.25) is 14.9 Å². The van der Waals surface area contributed by atoms with Gasteiger partial charge in [0.2, 0.25) is 0 Å². The second-order valence-corrected chi connectivity index (χ2v) is 5.63. The van der Waals surface area contributed by atoms with Crippen LogP contribution in [0.25, 0.3) is 0 Å². The van der Waals surface area contributed by atoms with Crippen LogP contribution < -0.4 is 14.8 Å². The molecule has 0 heterocycles. The summed E-state index contributed by atoms with van der Waals surface area (Å²) in [5.74, 6) is -0.324. The molecule has 0 saturated heterocycles. The number of amides is 1. The van der Waals surface area contributed by atoms with Crippen molar-refractivity contribution in [1.29, 1.82) is 0 Å². The maximum atomic E-state index is 12.5. The molecule has 0 saturated carbocycles. The van der Waals surface area contributed by atoms with Gasteiger partial charge in [-0.15, -0.1) is 0 Å². The highest BCUT2D eigenvalue weighted by Gasteiger charge is 2.25. The largest absolute Gasteiger partial charge is 0.493 e. The molecule has 2 aromatic rings. The van der Waals surface area contributed by atoms with Crippen molar-refractivity contribution in [1.82, 2.24) is 0 Å². The number of rotatable bonds is 6. The van der Waals surface area contributed by atoms with Crippen LogP contribution in [0.15, 0.2) is 30.3 Å². The first-order valence-corrected chi connectivity index (χ1v) is 7.88. The van der Waals surface area contributed by atoms with E-state index in [1.807, 2.05) is 0 Å². The Labute approximate surface area is 153 Å². The van der Waals surface area contributed by atoms with E-state index in [2.05, 4.69) is 5.32 Å². The molecule has 2 aromatic carbocycles. The number of nitrogens with zero attached hydrogens (tertiary/aromatic N) is 1. The van der Waals surface area contributed by atoms with E-state index in [9.17, 15) is 14.9 Å². The maximum absolute atomic E-state index is 12.5. The lowest BCUT2D eigenvalue weighted by Gasteiger charge is -2.12. The molecule has 0 spiro atoms. The first-order valence-electron chi connectivity index (χ1n) is 7.13. The van der Waals surface area contributed by atoms with Gasteiger partial charge in [0.05, 0.1) is 35.4 Å². The number of hydrogen-bond acceptors (Lipinski definition) is 5. The predicted molar refractivity (Wildman–Crippen MR) is 95.2 cm³/mol. The van der Waals surface area contributed by atoms with Crippen molar-refractivity contribution in [2.45, 2.75) is 6.92 Å². The van der Waals surface area contributed by atoms with Crippen LogP contribution >= 0.6 is 23.2 Å². The molecule has 0 atom stereocenters. The number of nitro groups is 1. The summed E-state index contributed by atoms with van der Waals surface area (Å²) in [5, 5.41) is 14.5. The summed E-state index contributed by atoms with van der Waals surface area (Å²) in [7, 11) is 1.38. The van der Waals surface area contributed by atoms with Crippen LogP contribution in [0.2, 0.25) is 10.0 Å². The fourth-order valence-electron chi connectivity index (χ4n) is 2.09. The molecule has 25 heavy (non-hydrogen) atoms. The van der Waals surface area contributed by atoms with E-state index >= 15 is 0 Å². The number of methoxy groups -OCH3 is 1. The standard InChI is InChI=1S/C16H14Cl2N2O5/c1-3-25-15-8-13(20(22)23)10(7-14(15)24-2)16(21)19-12-5-4-9(17)6-11(12)18/h4-8H,3H2,1-2H3,(H,19,21). The molecule has 2 rings (SSSR count). The Hall–Kier alpha value is -2.51. The Balaban J connectivity index is 2.45. The molecule has 0 unspecified atom stereocenters. The summed E-state index contributed by atoms with van der Waals surface area (Å²) >= 11 is 11.8. The van der Waals surface area contributed by atoms with Gasteiger partial charge in [0.1, 0.15) is 5.56 Å². The molecular weight excluding hydrogens is 371 g/mol. The van der Waals surface area contributed by atoms with Crippen LogP contribution in [0.3, 0.4) is 0 Å². The zero-order chi connectivity index (χ0) is 18.6. The van der Waals surface area contributed by atoms with Gasteiger partial charge in [0.25, 0.3) is 11.6 Å². The highest BCUT2D eigenvalue weighted by atomic mass is 35.5. The Bertz CT molecular complexity index is 826. The van der Waals surface area contributed by atoms with Crippen molar-refractivity contribution in [2.75, 3.05) is 19.0 Å². The Kier molecular flexibility index (Phi) is 6.06. The Morgan fingerprint density at radius 2 is 1.96 bits per heavy atom. The summed E-state index contributed by atoms with van der Waals surface area (Å²) in [6, 6.07) is 6.89. The number of nitrogens with one attached hydrogen (secondary N) is 1. The van der Waals surface area contributed by atoms with Gasteiger partial charge in [-0.2, -0.15) is 0 Å². The van der Waals surface area contributed by atoms with Gasteiger partial charge < -0.3 is 14.8 Å². The monoisotopic (exact) mass is 384 g/mol. The minimum absolute atomic E-state index is 0.178. The minimum Gasteiger partial charge on any atom is -0.493 e. The van der Waals surface area contributed by atoms with Gasteiger partial charge >= 0.3 is 0 Å². The number of benzene rings is 2. The number of nitro benzene ring substituents is 1. The van der Waals surface area contributed by atoms with Gasteiger partial charge in [0.15, 0.2) is 11.5 Å². The Morgan fingerprint density at radius 3 is 2.52 bits per heavy atom. The van der Waals surface area contributed by atoms with Crippen molar-refractivity contribution >= 4 is 40.5 Å². The van der Waals surface area contributed by atoms with Crippen LogP contribution in [0.5, 0.6) is 11.5 Å². The number of ether oxygens (including phenoxy) is 2. The number of halogens is 2. The average molecular weight is 385 g/mol. The third-order valence-corrected chi connectivity index (χ3v) is 3.75. The summed E-state index contributed by atoms with van der Waals surface area (Å²) in [5.41, 5.74) is -0.318. The molecule has 0 fully saturated rings. The molecular formula is C16H14Cl2N2O5. The number of carbonyl (C=O) groups is 1. The van der Waals surface area contributed by atoms with Crippen molar-refractivity contribution in [2.24, 2.45) is 0 Å². The molecule has 0 bridgehead atoms. The van der Waals surface area contributed by atoms with E-state index in [4.69, 9.17) is 32.7 Å². The molecule has 132 valence electrons. The summed E-state index contributed by atoms with van der Waals surface area (Å²) < 4.78 is 10.4. The van der Waals surface area contributed by atoms with E-state index in [0.717, 1.165) is 6.07 Å². The van der Waals surface area contributed by atoms with Crippen molar-refractivity contribution in [3.63, 3.8) is 0 Å². The Morgan fingerprint density at radius 1 is 1.24 bits per heavy atom. The lowest BCUT2D eigenvalue weighted by atomic mass is 10.1. The van der Waals surface area contributed by atoms with Crippen LogP contribution in [0, 0.1) is 10.1 Å². The molecule has 1 amide bonds. The first kappa shape index (κ1) is 18.8. The first-order chi connectivity index (χ1) is 11.9. The minimum atomic E-state index is -0.711. The zero-order valence-electron chi connectivity index (χ0n) is 13.3. The van der Waals surface area contributed by atoms with Crippen LogP contribution in [-0.4, -0.2) is 24.5 Å². The van der Waals surface area contributed by atoms with E-state index in [-0.39, 0.29) is 27.8 Å². The van der Waals surface area contributed by atoms with Crippen molar-refractivity contribution < 1.29 is 19.2 Å². The summed E-state index contributed by atoms with van der Waals surface area (Å²) in [6.45, 7) is 2.02. The summed E-state index contributed by atoms with van der Waals surface area (Å²) in [6.07, 6.45) is 0. The van der Waals surface area contributed by atoms with Crippen LogP contribution in [0.4, 0.5) is 11.4 Å². The normalized spacial score (nSPS) is 10.2. The quantitative estimate of drug-likeness (QED) is 0.582. The van der Waals surface area contributed by atoms with Crippen LogP contribution in [-0.2, 0) is 0 Å². The third-order valence-electron chi connectivity index (χ3n) is 3.20. The number of anilines is 1. The molecule has 0 aliphatic heterocycles. The topological polar surface area (TPSA) is 90.7 Å². The van der Waals surface area contributed by atoms with Gasteiger partial charge in [-0.25, -0.2) is 0 Å². The second-order valence-electron chi connectivity index (χ2n) is 4.79. The molecule has 0 aliphatic rings. The molecule has 1 N–H and O–H groups in total. The highest BCUT2D eigenvalue weighted by Crippen LogP contribution is 2.35. The van der Waals surface area contributed by atoms with E-state index in [0.29, 0.717) is 11.6 Å². The van der Waals surface area contributed by atoms with Crippen molar-refractivity contribution in [3.8, 4) is 11.5 Å². The summed E-state index contributed by atoms with van der Waals surface area (Å²) in [4.78, 5) is 23.2. The smallest absolute Gasteiger partial charge is 0.286 e.